The first-order chi connectivity index (χ1) is 16.3. The summed E-state index contributed by atoms with van der Waals surface area (Å²) in [6.07, 6.45) is -0.635. The van der Waals surface area contributed by atoms with Gasteiger partial charge >= 0.3 is 23.9 Å². The minimum absolute atomic E-state index is 0.0245. The van der Waals surface area contributed by atoms with E-state index in [1.165, 1.54) is 12.8 Å². The fourth-order valence-electron chi connectivity index (χ4n) is 6.18. The van der Waals surface area contributed by atoms with Crippen LogP contribution in [-0.2, 0) is 9.53 Å². The van der Waals surface area contributed by atoms with E-state index in [1.54, 1.807) is 26.8 Å². The van der Waals surface area contributed by atoms with E-state index in [4.69, 9.17) is 0 Å². The number of allylic oxidation sites excluding steroid dienone is 4. The van der Waals surface area contributed by atoms with Crippen LogP contribution in [0.15, 0.2) is 24.3 Å². The van der Waals surface area contributed by atoms with Crippen LogP contribution >= 0.6 is 0 Å². The van der Waals surface area contributed by atoms with Crippen LogP contribution in [0, 0.1) is 35.5 Å². The van der Waals surface area contributed by atoms with Gasteiger partial charge in [0.25, 0.3) is 0 Å². The largest absolute Gasteiger partial charge is 0.440 e. The van der Waals surface area contributed by atoms with Crippen molar-refractivity contribution >= 4 is 5.97 Å². The van der Waals surface area contributed by atoms with E-state index in [9.17, 15) is 41.4 Å². The fourth-order valence-corrected chi connectivity index (χ4v) is 6.18. The van der Waals surface area contributed by atoms with Crippen molar-refractivity contribution in [1.82, 2.24) is 0 Å². The van der Waals surface area contributed by atoms with Gasteiger partial charge in [0, 0.05) is 13.3 Å². The van der Waals surface area contributed by atoms with Gasteiger partial charge in [0.1, 0.15) is 0 Å². The number of ether oxygens (including phenoxy) is 1. The number of esters is 1. The predicted octanol–water partition coefficient (Wildman–Crippen LogP) is 6.13. The number of carbonyl (C=O) groups is 1. The van der Waals surface area contributed by atoms with Crippen LogP contribution in [0.4, 0.5) is 26.3 Å². The molecule has 4 rings (SSSR count). The van der Waals surface area contributed by atoms with E-state index in [-0.39, 0.29) is 18.3 Å². The normalized spacial score (nSPS) is 32.9. The second kappa shape index (κ2) is 9.64. The van der Waals surface area contributed by atoms with E-state index in [0.29, 0.717) is 31.6 Å². The summed E-state index contributed by atoms with van der Waals surface area (Å²) in [6, 6.07) is 0. The van der Waals surface area contributed by atoms with Crippen molar-refractivity contribution in [1.29, 1.82) is 0 Å². The summed E-state index contributed by atoms with van der Waals surface area (Å²) in [5.41, 5.74) is -6.41. The molecule has 10 heteroatoms. The van der Waals surface area contributed by atoms with Crippen LogP contribution in [-0.4, -0.2) is 45.3 Å². The second-order valence-electron chi connectivity index (χ2n) is 11.7. The topological polar surface area (TPSA) is 66.8 Å². The number of hydrogen-bond acceptors (Lipinski definition) is 4. The molecule has 0 amide bonds. The van der Waals surface area contributed by atoms with Gasteiger partial charge < -0.3 is 14.9 Å². The fraction of sp³-hybridized carbons (Fsp3) is 0.808. The molecule has 4 bridgehead atoms. The molecule has 206 valence electrons. The molecular formula is C26H36F6O4. The highest BCUT2D eigenvalue weighted by molar-refractivity contribution is 5.66. The van der Waals surface area contributed by atoms with Crippen LogP contribution in [0.2, 0.25) is 0 Å². The molecule has 4 aliphatic rings. The van der Waals surface area contributed by atoms with Crippen molar-refractivity contribution in [2.24, 2.45) is 35.5 Å². The van der Waals surface area contributed by atoms with Crippen LogP contribution in [0.1, 0.15) is 66.2 Å². The van der Waals surface area contributed by atoms with E-state index < -0.39 is 47.5 Å². The van der Waals surface area contributed by atoms with Crippen LogP contribution in [0.25, 0.3) is 0 Å². The molecule has 0 aliphatic heterocycles. The van der Waals surface area contributed by atoms with E-state index in [2.05, 4.69) is 16.9 Å². The number of rotatable bonds is 6. The van der Waals surface area contributed by atoms with Crippen LogP contribution < -0.4 is 0 Å². The number of fused-ring (bicyclic) bond motifs is 4. The Morgan fingerprint density at radius 3 is 1.47 bits per heavy atom. The van der Waals surface area contributed by atoms with Gasteiger partial charge in [-0.15, -0.1) is 0 Å². The molecule has 7 atom stereocenters. The third kappa shape index (κ3) is 5.79. The lowest BCUT2D eigenvalue weighted by Gasteiger charge is -2.39. The molecule has 7 unspecified atom stereocenters. The van der Waals surface area contributed by atoms with Gasteiger partial charge in [0.15, 0.2) is 0 Å². The molecule has 0 radical (unpaired) electrons. The van der Waals surface area contributed by atoms with Crippen molar-refractivity contribution in [2.45, 2.75) is 95.4 Å². The Kier molecular flexibility index (Phi) is 7.77. The van der Waals surface area contributed by atoms with Crippen LogP contribution in [0.5, 0.6) is 0 Å². The van der Waals surface area contributed by atoms with E-state index >= 15 is 0 Å². The first-order valence-electron chi connectivity index (χ1n) is 12.4. The zero-order valence-electron chi connectivity index (χ0n) is 21.0. The molecule has 4 nitrogen and oxygen atoms in total. The minimum atomic E-state index is -5.71. The van der Waals surface area contributed by atoms with E-state index in [0.717, 1.165) is 5.92 Å². The van der Waals surface area contributed by atoms with Crippen molar-refractivity contribution in [3.63, 3.8) is 0 Å². The standard InChI is InChI=1S/C13H14F6O2.C13H22O2/c1-7(20)21-11(12(14,15)16,13(17,18)19)6-10-5-8-2-3-9(10)4-8;1-12(2,14)13(3,15)8-11-7-9-4-5-10(11)6-9/h2-3,8-10H,4-6H2,1H3;4-5,9-11,14-15H,6-8H2,1-3H3. The molecule has 0 saturated heterocycles. The molecule has 0 spiro atoms. The van der Waals surface area contributed by atoms with Crippen molar-refractivity contribution in [2.75, 3.05) is 0 Å². The highest BCUT2D eigenvalue weighted by atomic mass is 19.4. The molecule has 36 heavy (non-hydrogen) atoms. The summed E-state index contributed by atoms with van der Waals surface area (Å²) in [6.45, 7) is 5.68. The summed E-state index contributed by atoms with van der Waals surface area (Å²) < 4.78 is 82.5. The molecule has 4 aliphatic carbocycles. The summed E-state index contributed by atoms with van der Waals surface area (Å²) in [5, 5.41) is 20.2. The Morgan fingerprint density at radius 2 is 1.19 bits per heavy atom. The zero-order chi connectivity index (χ0) is 27.3. The first-order valence-corrected chi connectivity index (χ1v) is 12.4. The van der Waals surface area contributed by atoms with Gasteiger partial charge in [-0.1, -0.05) is 24.3 Å². The van der Waals surface area contributed by atoms with Crippen molar-refractivity contribution in [3.05, 3.63) is 24.3 Å². The molecular weight excluding hydrogens is 490 g/mol. The average Bonchev–Trinajstić information content (AvgIpc) is 3.46. The molecule has 2 N–H and O–H groups in total. The van der Waals surface area contributed by atoms with Crippen molar-refractivity contribution in [3.8, 4) is 0 Å². The Balaban J connectivity index is 0.000000212. The van der Waals surface area contributed by atoms with Crippen molar-refractivity contribution < 1.29 is 46.1 Å². The first kappa shape index (κ1) is 29.0. The number of hydrogen-bond donors (Lipinski definition) is 2. The monoisotopic (exact) mass is 526 g/mol. The highest BCUT2D eigenvalue weighted by Gasteiger charge is 2.74. The minimum Gasteiger partial charge on any atom is -0.440 e. The highest BCUT2D eigenvalue weighted by Crippen LogP contribution is 2.55. The lowest BCUT2D eigenvalue weighted by atomic mass is 9.76. The molecule has 2 fully saturated rings. The average molecular weight is 527 g/mol. The Bertz CT molecular complexity index is 853. The van der Waals surface area contributed by atoms with Gasteiger partial charge in [-0.25, -0.2) is 0 Å². The SMILES string of the molecule is CC(=O)OC(CC1CC2C=CC1C2)(C(F)(F)F)C(F)(F)F.CC(C)(O)C(C)(O)CC1CC2C=CC1C2. The predicted molar refractivity (Wildman–Crippen MR) is 120 cm³/mol. The molecule has 0 aromatic heterocycles. The smallest absolute Gasteiger partial charge is 0.437 e. The third-order valence-corrected chi connectivity index (χ3v) is 8.59. The lowest BCUT2D eigenvalue weighted by molar-refractivity contribution is -0.374. The van der Waals surface area contributed by atoms with Gasteiger partial charge in [0.2, 0.25) is 0 Å². The quantitative estimate of drug-likeness (QED) is 0.248. The molecule has 0 aromatic carbocycles. The van der Waals surface area contributed by atoms with Crippen LogP contribution in [0.3, 0.4) is 0 Å². The number of alkyl halides is 6. The lowest BCUT2D eigenvalue weighted by Crippen LogP contribution is -2.60. The molecule has 0 aromatic rings. The third-order valence-electron chi connectivity index (χ3n) is 8.59. The number of aliphatic hydroxyl groups is 2. The molecule has 0 heterocycles. The zero-order valence-corrected chi connectivity index (χ0v) is 21.0. The maximum Gasteiger partial charge on any atom is 0.437 e. The number of halogens is 6. The summed E-state index contributed by atoms with van der Waals surface area (Å²) >= 11 is 0. The van der Waals surface area contributed by atoms with Gasteiger partial charge in [0.05, 0.1) is 11.2 Å². The van der Waals surface area contributed by atoms with Gasteiger partial charge in [-0.2, -0.15) is 26.3 Å². The second-order valence-corrected chi connectivity index (χ2v) is 11.7. The molecule has 2 saturated carbocycles. The number of carbonyl (C=O) groups excluding carboxylic acids is 1. The van der Waals surface area contributed by atoms with E-state index in [1.807, 2.05) is 6.08 Å². The Morgan fingerprint density at radius 1 is 0.778 bits per heavy atom. The summed E-state index contributed by atoms with van der Waals surface area (Å²) in [7, 11) is 0. The summed E-state index contributed by atoms with van der Waals surface area (Å²) in [5.74, 6) is -0.736. The maximum absolute atomic E-state index is 13.1. The Labute approximate surface area is 207 Å². The maximum atomic E-state index is 13.1. The van der Waals surface area contributed by atoms with Gasteiger partial charge in [-0.05, 0) is 88.4 Å². The Hall–Kier alpha value is -1.55. The van der Waals surface area contributed by atoms with Gasteiger partial charge in [-0.3, -0.25) is 4.79 Å². The summed E-state index contributed by atoms with van der Waals surface area (Å²) in [4.78, 5) is 10.9.